The third-order valence-electron chi connectivity index (χ3n) is 5.79. The molecule has 2 aromatic rings. The second-order valence-electron chi connectivity index (χ2n) is 8.43. The number of anilines is 3. The summed E-state index contributed by atoms with van der Waals surface area (Å²) in [6.45, 7) is 2.10. The summed E-state index contributed by atoms with van der Waals surface area (Å²) in [5, 5.41) is 5.60. The third-order valence-corrected chi connectivity index (χ3v) is 6.04. The molecule has 1 saturated heterocycles. The number of halogens is 2. The molecule has 2 aromatic carbocycles. The number of nitrogens with zero attached hydrogens (tertiary/aromatic N) is 3. The normalized spacial score (nSPS) is 15.8. The minimum absolute atomic E-state index is 0.0392. The number of rotatable bonds is 5. The highest BCUT2D eigenvalue weighted by Crippen LogP contribution is 2.33. The predicted octanol–water partition coefficient (Wildman–Crippen LogP) is 5.21. The van der Waals surface area contributed by atoms with Crippen molar-refractivity contribution >= 4 is 46.5 Å². The average Bonchev–Trinajstić information content (AvgIpc) is 3.60. The van der Waals surface area contributed by atoms with Crippen LogP contribution in [0.5, 0.6) is 0 Å². The molecule has 33 heavy (non-hydrogen) atoms. The number of carbonyl (C=O) groups is 3. The molecule has 0 atom stereocenters. The van der Waals surface area contributed by atoms with E-state index in [-0.39, 0.29) is 24.1 Å². The molecule has 0 spiro atoms. The van der Waals surface area contributed by atoms with E-state index >= 15 is 4.39 Å². The first-order valence-electron chi connectivity index (χ1n) is 11.1. The Hall–Kier alpha value is -3.13. The van der Waals surface area contributed by atoms with Gasteiger partial charge in [-0.15, -0.1) is 0 Å². The van der Waals surface area contributed by atoms with E-state index in [1.807, 2.05) is 0 Å². The number of carbonyl (C=O) groups excluding carboxylic acids is 3. The van der Waals surface area contributed by atoms with Crippen molar-refractivity contribution in [1.29, 1.82) is 0 Å². The maximum absolute atomic E-state index is 15.3. The Bertz CT molecular complexity index is 1060. The minimum Gasteiger partial charge on any atom is -0.312 e. The van der Waals surface area contributed by atoms with Crippen LogP contribution < -0.4 is 15.2 Å². The molecule has 4 rings (SSSR count). The highest BCUT2D eigenvalue weighted by molar-refractivity contribution is 6.30. The second-order valence-corrected chi connectivity index (χ2v) is 8.87. The van der Waals surface area contributed by atoms with Crippen LogP contribution in [0.15, 0.2) is 42.5 Å². The summed E-state index contributed by atoms with van der Waals surface area (Å²) in [6, 6.07) is 10.4. The first-order valence-corrected chi connectivity index (χ1v) is 11.5. The molecule has 0 radical (unpaired) electrons. The van der Waals surface area contributed by atoms with Gasteiger partial charge in [-0.1, -0.05) is 11.6 Å². The van der Waals surface area contributed by atoms with Crippen LogP contribution >= 0.6 is 11.6 Å². The SMILES string of the molecule is CC(=O)N(c1ccc(N2CCCCC2=O)cc1F)N(CC1CC1)C(=O)Nc1ccc(Cl)cc1. The first kappa shape index (κ1) is 23.0. The molecule has 1 N–H and O–H groups in total. The molecule has 1 aliphatic carbocycles. The molecule has 0 bridgehead atoms. The highest BCUT2D eigenvalue weighted by Gasteiger charge is 2.34. The third kappa shape index (κ3) is 5.45. The smallest absolute Gasteiger partial charge is 0.312 e. The molecule has 2 aliphatic rings. The summed E-state index contributed by atoms with van der Waals surface area (Å²) < 4.78 is 15.3. The zero-order valence-corrected chi connectivity index (χ0v) is 19.1. The summed E-state index contributed by atoms with van der Waals surface area (Å²) in [7, 11) is 0. The van der Waals surface area contributed by atoms with Gasteiger partial charge >= 0.3 is 6.03 Å². The molecule has 4 amide bonds. The standard InChI is InChI=1S/C24H26ClFN4O3/c1-16(31)30(22-12-11-20(14-21(22)26)28-13-3-2-4-23(28)32)29(15-17-5-6-17)24(33)27-19-9-7-18(25)8-10-19/h7-12,14,17H,2-6,13,15H2,1H3,(H,27,33). The van der Waals surface area contributed by atoms with Crippen LogP contribution in [0.3, 0.4) is 0 Å². The van der Waals surface area contributed by atoms with Crippen LogP contribution in [-0.4, -0.2) is 35.9 Å². The van der Waals surface area contributed by atoms with Gasteiger partial charge in [-0.2, -0.15) is 0 Å². The lowest BCUT2D eigenvalue weighted by Crippen LogP contribution is -2.52. The topological polar surface area (TPSA) is 73.0 Å². The number of urea groups is 1. The van der Waals surface area contributed by atoms with E-state index in [0.29, 0.717) is 29.4 Å². The molecule has 1 heterocycles. The Balaban J connectivity index is 1.62. The van der Waals surface area contributed by atoms with Crippen LogP contribution in [0.4, 0.5) is 26.2 Å². The number of hydrogen-bond donors (Lipinski definition) is 1. The largest absolute Gasteiger partial charge is 0.341 e. The number of hydrogen-bond acceptors (Lipinski definition) is 3. The fraction of sp³-hybridized carbons (Fsp3) is 0.375. The molecule has 0 unspecified atom stereocenters. The van der Waals surface area contributed by atoms with Gasteiger partial charge in [0.05, 0.1) is 0 Å². The summed E-state index contributed by atoms with van der Waals surface area (Å²) >= 11 is 5.91. The van der Waals surface area contributed by atoms with Crippen LogP contribution in [-0.2, 0) is 9.59 Å². The van der Waals surface area contributed by atoms with E-state index in [9.17, 15) is 14.4 Å². The van der Waals surface area contributed by atoms with Gasteiger partial charge in [0.25, 0.3) is 0 Å². The van der Waals surface area contributed by atoms with Crippen LogP contribution in [0, 0.1) is 11.7 Å². The van der Waals surface area contributed by atoms with E-state index < -0.39 is 17.8 Å². The lowest BCUT2D eigenvalue weighted by molar-refractivity contribution is -0.120. The molecule has 2 fully saturated rings. The second kappa shape index (κ2) is 9.79. The molecule has 9 heteroatoms. The Morgan fingerprint density at radius 2 is 1.88 bits per heavy atom. The fourth-order valence-corrected chi connectivity index (χ4v) is 4.03. The summed E-state index contributed by atoms with van der Waals surface area (Å²) in [5.41, 5.74) is 0.916. The van der Waals surface area contributed by atoms with Crippen molar-refractivity contribution in [2.24, 2.45) is 5.92 Å². The number of piperidine rings is 1. The van der Waals surface area contributed by atoms with Gasteiger partial charge in [-0.25, -0.2) is 19.2 Å². The van der Waals surface area contributed by atoms with Gasteiger partial charge in [0.1, 0.15) is 5.69 Å². The zero-order valence-electron chi connectivity index (χ0n) is 18.4. The van der Waals surface area contributed by atoms with Crippen molar-refractivity contribution in [2.75, 3.05) is 28.3 Å². The van der Waals surface area contributed by atoms with E-state index in [1.165, 1.54) is 24.1 Å². The summed E-state index contributed by atoms with van der Waals surface area (Å²) in [6.07, 6.45) is 3.99. The maximum Gasteiger partial charge on any atom is 0.341 e. The van der Waals surface area contributed by atoms with Crippen LogP contribution in [0.1, 0.15) is 39.0 Å². The molecule has 7 nitrogen and oxygen atoms in total. The molecule has 174 valence electrons. The Morgan fingerprint density at radius 1 is 1.15 bits per heavy atom. The maximum atomic E-state index is 15.3. The first-order chi connectivity index (χ1) is 15.8. The van der Waals surface area contributed by atoms with E-state index in [4.69, 9.17) is 11.6 Å². The predicted molar refractivity (Wildman–Crippen MR) is 126 cm³/mol. The van der Waals surface area contributed by atoms with E-state index in [2.05, 4.69) is 5.32 Å². The summed E-state index contributed by atoms with van der Waals surface area (Å²) in [5.74, 6) is -0.977. The lowest BCUT2D eigenvalue weighted by Gasteiger charge is -2.35. The molecule has 1 saturated carbocycles. The molecular formula is C24H26ClFN4O3. The van der Waals surface area contributed by atoms with Crippen molar-refractivity contribution in [1.82, 2.24) is 5.01 Å². The Kier molecular flexibility index (Phi) is 6.83. The average molecular weight is 473 g/mol. The molecular weight excluding hydrogens is 447 g/mol. The fourth-order valence-electron chi connectivity index (χ4n) is 3.91. The number of nitrogens with one attached hydrogen (secondary N) is 1. The van der Waals surface area contributed by atoms with Crippen molar-refractivity contribution < 1.29 is 18.8 Å². The van der Waals surface area contributed by atoms with E-state index in [0.717, 1.165) is 30.7 Å². The van der Waals surface area contributed by atoms with Gasteiger partial charge in [-0.3, -0.25) is 9.59 Å². The Labute approximate surface area is 197 Å². The highest BCUT2D eigenvalue weighted by atomic mass is 35.5. The van der Waals surface area contributed by atoms with Gasteiger partial charge in [0, 0.05) is 42.8 Å². The van der Waals surface area contributed by atoms with Crippen molar-refractivity contribution in [3.63, 3.8) is 0 Å². The molecule has 0 aromatic heterocycles. The van der Waals surface area contributed by atoms with Gasteiger partial charge in [-0.05, 0) is 74.1 Å². The van der Waals surface area contributed by atoms with E-state index in [1.54, 1.807) is 35.2 Å². The van der Waals surface area contributed by atoms with Crippen LogP contribution in [0.25, 0.3) is 0 Å². The quantitative estimate of drug-likeness (QED) is 0.607. The zero-order chi connectivity index (χ0) is 23.5. The molecule has 1 aliphatic heterocycles. The summed E-state index contributed by atoms with van der Waals surface area (Å²) in [4.78, 5) is 39.6. The lowest BCUT2D eigenvalue weighted by atomic mass is 10.1. The van der Waals surface area contributed by atoms with Crippen molar-refractivity contribution in [3.05, 3.63) is 53.3 Å². The van der Waals surface area contributed by atoms with Gasteiger partial charge < -0.3 is 10.2 Å². The monoisotopic (exact) mass is 472 g/mol. The Morgan fingerprint density at radius 3 is 2.48 bits per heavy atom. The number of amides is 4. The van der Waals surface area contributed by atoms with Crippen LogP contribution in [0.2, 0.25) is 5.02 Å². The number of benzene rings is 2. The number of hydrazine groups is 1. The van der Waals surface area contributed by atoms with Crippen molar-refractivity contribution in [3.8, 4) is 0 Å². The van der Waals surface area contributed by atoms with Crippen molar-refractivity contribution in [2.45, 2.75) is 39.0 Å². The minimum atomic E-state index is -0.679. The van der Waals surface area contributed by atoms with Gasteiger partial charge in [0.15, 0.2) is 5.82 Å². The van der Waals surface area contributed by atoms with Gasteiger partial charge in [0.2, 0.25) is 11.8 Å².